The highest BCUT2D eigenvalue weighted by Gasteiger charge is 2.19. The van der Waals surface area contributed by atoms with Gasteiger partial charge in [-0.05, 0) is 30.4 Å². The van der Waals surface area contributed by atoms with Crippen LogP contribution >= 0.6 is 0 Å². The maximum atomic E-state index is 11.4. The van der Waals surface area contributed by atoms with Gasteiger partial charge in [-0.25, -0.2) is 4.79 Å². The molecule has 2 N–H and O–H groups in total. The number of aromatic carboxylic acids is 1. The Morgan fingerprint density at radius 3 is 1.75 bits per heavy atom. The van der Waals surface area contributed by atoms with Gasteiger partial charge in [0.1, 0.15) is 11.3 Å². The van der Waals surface area contributed by atoms with Gasteiger partial charge in [0.15, 0.2) is 0 Å². The fourth-order valence-electron chi connectivity index (χ4n) is 4.04. The normalized spacial score (nSPS) is 12.2. The van der Waals surface area contributed by atoms with E-state index in [1.54, 1.807) is 6.07 Å². The van der Waals surface area contributed by atoms with Crippen LogP contribution in [-0.2, 0) is 0 Å². The number of phenols is 1. The molecule has 28 heavy (non-hydrogen) atoms. The van der Waals surface area contributed by atoms with E-state index < -0.39 is 5.97 Å². The fourth-order valence-corrected chi connectivity index (χ4v) is 4.04. The first-order valence-electron chi connectivity index (χ1n) is 11.7. The second kappa shape index (κ2) is 15.4. The molecule has 0 amide bonds. The molecule has 0 bridgehead atoms. The van der Waals surface area contributed by atoms with Gasteiger partial charge >= 0.3 is 5.97 Å². The van der Waals surface area contributed by atoms with Gasteiger partial charge in [-0.1, -0.05) is 109 Å². The second-order valence-corrected chi connectivity index (χ2v) is 8.21. The van der Waals surface area contributed by atoms with Crippen molar-refractivity contribution in [2.75, 3.05) is 0 Å². The van der Waals surface area contributed by atoms with Crippen LogP contribution in [0.2, 0.25) is 0 Å². The standard InChI is InChI=1S/C25H42O3/c1-3-5-7-9-10-11-12-13-15-18-21(17-14-8-6-4-2)22-19-16-20-23(24(22)26)25(27)28/h16,19-21,26H,3-15,17-18H2,1-2H3,(H,27,28). The van der Waals surface area contributed by atoms with Crippen LogP contribution in [0, 0.1) is 0 Å². The number of rotatable bonds is 17. The van der Waals surface area contributed by atoms with E-state index in [1.807, 2.05) is 6.07 Å². The van der Waals surface area contributed by atoms with Crippen molar-refractivity contribution in [2.45, 2.75) is 116 Å². The van der Waals surface area contributed by atoms with E-state index in [-0.39, 0.29) is 17.2 Å². The number of unbranched alkanes of at least 4 members (excludes halogenated alkanes) is 11. The summed E-state index contributed by atoms with van der Waals surface area (Å²) in [6, 6.07) is 5.18. The van der Waals surface area contributed by atoms with E-state index in [2.05, 4.69) is 13.8 Å². The highest BCUT2D eigenvalue weighted by atomic mass is 16.4. The van der Waals surface area contributed by atoms with Crippen LogP contribution in [0.4, 0.5) is 0 Å². The Morgan fingerprint density at radius 1 is 0.786 bits per heavy atom. The third kappa shape index (κ3) is 9.61. The summed E-state index contributed by atoms with van der Waals surface area (Å²) >= 11 is 0. The maximum Gasteiger partial charge on any atom is 0.339 e. The molecule has 0 spiro atoms. The summed E-state index contributed by atoms with van der Waals surface area (Å²) in [5.41, 5.74) is 0.860. The average molecular weight is 391 g/mol. The summed E-state index contributed by atoms with van der Waals surface area (Å²) in [5, 5.41) is 19.8. The summed E-state index contributed by atoms with van der Waals surface area (Å²) in [6.07, 6.45) is 18.6. The van der Waals surface area contributed by atoms with Crippen molar-refractivity contribution in [1.29, 1.82) is 0 Å². The van der Waals surface area contributed by atoms with Crippen LogP contribution in [-0.4, -0.2) is 16.2 Å². The molecule has 3 nitrogen and oxygen atoms in total. The molecule has 3 heteroatoms. The zero-order chi connectivity index (χ0) is 20.6. The van der Waals surface area contributed by atoms with Crippen LogP contribution in [0.1, 0.15) is 132 Å². The molecule has 0 saturated carbocycles. The lowest BCUT2D eigenvalue weighted by Crippen LogP contribution is -2.04. The van der Waals surface area contributed by atoms with E-state index in [4.69, 9.17) is 0 Å². The molecule has 0 saturated heterocycles. The van der Waals surface area contributed by atoms with Crippen molar-refractivity contribution in [3.8, 4) is 5.75 Å². The predicted octanol–water partition coefficient (Wildman–Crippen LogP) is 8.07. The second-order valence-electron chi connectivity index (χ2n) is 8.21. The highest BCUT2D eigenvalue weighted by Crippen LogP contribution is 2.36. The Bertz CT molecular complexity index is 539. The molecule has 0 heterocycles. The van der Waals surface area contributed by atoms with E-state index in [0.29, 0.717) is 0 Å². The average Bonchev–Trinajstić information content (AvgIpc) is 2.68. The van der Waals surface area contributed by atoms with E-state index in [0.717, 1.165) is 31.2 Å². The molecule has 0 aromatic heterocycles. The molecule has 0 aliphatic carbocycles. The lowest BCUT2D eigenvalue weighted by molar-refractivity contribution is 0.0693. The molecule has 0 radical (unpaired) electrons. The van der Waals surface area contributed by atoms with Crippen molar-refractivity contribution in [3.63, 3.8) is 0 Å². The third-order valence-corrected chi connectivity index (χ3v) is 5.80. The van der Waals surface area contributed by atoms with Crippen molar-refractivity contribution < 1.29 is 15.0 Å². The van der Waals surface area contributed by atoms with Crippen molar-refractivity contribution in [1.82, 2.24) is 0 Å². The Balaban J connectivity index is 2.52. The van der Waals surface area contributed by atoms with Gasteiger partial charge < -0.3 is 10.2 Å². The molecule has 1 atom stereocenters. The SMILES string of the molecule is CCCCCCCCCCCC(CCCCCC)c1cccc(C(=O)O)c1O. The van der Waals surface area contributed by atoms with Gasteiger partial charge in [-0.3, -0.25) is 0 Å². The number of carboxylic acids is 1. The number of hydrogen-bond donors (Lipinski definition) is 2. The zero-order valence-electron chi connectivity index (χ0n) is 18.2. The quantitative estimate of drug-likeness (QED) is 0.264. The predicted molar refractivity (Wildman–Crippen MR) is 118 cm³/mol. The minimum atomic E-state index is -1.05. The summed E-state index contributed by atoms with van der Waals surface area (Å²) < 4.78 is 0. The molecular weight excluding hydrogens is 348 g/mol. The monoisotopic (exact) mass is 390 g/mol. The largest absolute Gasteiger partial charge is 0.507 e. The topological polar surface area (TPSA) is 57.5 Å². The Hall–Kier alpha value is -1.51. The Morgan fingerprint density at radius 2 is 1.25 bits per heavy atom. The van der Waals surface area contributed by atoms with Gasteiger partial charge in [0, 0.05) is 0 Å². The van der Waals surface area contributed by atoms with Crippen LogP contribution in [0.3, 0.4) is 0 Å². The molecule has 0 aliphatic heterocycles. The van der Waals surface area contributed by atoms with E-state index >= 15 is 0 Å². The van der Waals surface area contributed by atoms with Crippen molar-refractivity contribution in [3.05, 3.63) is 29.3 Å². The molecule has 0 aliphatic rings. The van der Waals surface area contributed by atoms with Crippen molar-refractivity contribution in [2.24, 2.45) is 0 Å². The van der Waals surface area contributed by atoms with E-state index in [9.17, 15) is 15.0 Å². The van der Waals surface area contributed by atoms with E-state index in [1.165, 1.54) is 76.7 Å². The molecule has 1 aromatic carbocycles. The van der Waals surface area contributed by atoms with Gasteiger partial charge in [0.2, 0.25) is 0 Å². The lowest BCUT2D eigenvalue weighted by Gasteiger charge is -2.19. The Kier molecular flexibility index (Phi) is 13.5. The van der Waals surface area contributed by atoms with Gasteiger partial charge in [0.05, 0.1) is 0 Å². The van der Waals surface area contributed by atoms with Crippen LogP contribution in [0.15, 0.2) is 18.2 Å². The number of carboxylic acid groups (broad SMARTS) is 1. The highest BCUT2D eigenvalue weighted by molar-refractivity contribution is 5.91. The van der Waals surface area contributed by atoms with Crippen LogP contribution < -0.4 is 0 Å². The number of aromatic hydroxyl groups is 1. The molecule has 0 fully saturated rings. The van der Waals surface area contributed by atoms with Crippen LogP contribution in [0.25, 0.3) is 0 Å². The third-order valence-electron chi connectivity index (χ3n) is 5.80. The first-order chi connectivity index (χ1) is 13.6. The minimum absolute atomic E-state index is 0.0218. The Labute approximate surface area is 172 Å². The number of benzene rings is 1. The lowest BCUT2D eigenvalue weighted by atomic mass is 9.86. The van der Waals surface area contributed by atoms with Gasteiger partial charge in [0.25, 0.3) is 0 Å². The fraction of sp³-hybridized carbons (Fsp3) is 0.720. The molecule has 1 aromatic rings. The van der Waals surface area contributed by atoms with Gasteiger partial charge in [-0.2, -0.15) is 0 Å². The molecule has 1 unspecified atom stereocenters. The minimum Gasteiger partial charge on any atom is -0.507 e. The maximum absolute atomic E-state index is 11.4. The molecule has 160 valence electrons. The zero-order valence-corrected chi connectivity index (χ0v) is 18.2. The summed E-state index contributed by atoms with van der Waals surface area (Å²) in [5.74, 6) is -0.806. The summed E-state index contributed by atoms with van der Waals surface area (Å²) in [6.45, 7) is 4.46. The first kappa shape index (κ1) is 24.5. The molecular formula is C25H42O3. The summed E-state index contributed by atoms with van der Waals surface area (Å²) in [4.78, 5) is 11.4. The van der Waals surface area contributed by atoms with Crippen LogP contribution in [0.5, 0.6) is 5.75 Å². The number of para-hydroxylation sites is 1. The number of hydrogen-bond acceptors (Lipinski definition) is 2. The summed E-state index contributed by atoms with van der Waals surface area (Å²) in [7, 11) is 0. The van der Waals surface area contributed by atoms with Crippen molar-refractivity contribution >= 4 is 5.97 Å². The molecule has 1 rings (SSSR count). The van der Waals surface area contributed by atoms with Gasteiger partial charge in [-0.15, -0.1) is 0 Å². The smallest absolute Gasteiger partial charge is 0.339 e. The number of carbonyl (C=O) groups is 1. The first-order valence-corrected chi connectivity index (χ1v) is 11.7.